The van der Waals surface area contributed by atoms with Crippen LogP contribution in [0.25, 0.3) is 0 Å². The number of rotatable bonds is 3. The van der Waals surface area contributed by atoms with Gasteiger partial charge in [-0.3, -0.25) is 0 Å². The Hall–Kier alpha value is -0.0100. The van der Waals surface area contributed by atoms with Crippen molar-refractivity contribution in [3.63, 3.8) is 0 Å². The molecule has 0 aliphatic carbocycles. The second-order valence-corrected chi connectivity index (χ2v) is 4.75. The van der Waals surface area contributed by atoms with E-state index in [0.717, 1.165) is 7.05 Å². The van der Waals surface area contributed by atoms with Crippen molar-refractivity contribution in [2.75, 3.05) is 13.6 Å². The quantitative estimate of drug-likeness (QED) is 0.680. The summed E-state index contributed by atoms with van der Waals surface area (Å²) in [7, 11) is 1.70. The number of halogens is 4. The molecule has 3 nitrogen and oxygen atoms in total. The fraction of sp³-hybridized carbons (Fsp3) is 1.00. The van der Waals surface area contributed by atoms with Gasteiger partial charge < -0.3 is 0 Å². The van der Waals surface area contributed by atoms with Gasteiger partial charge in [0.15, 0.2) is 0 Å². The van der Waals surface area contributed by atoms with Crippen LogP contribution in [0.1, 0.15) is 6.42 Å². The molecule has 74 valence electrons. The van der Waals surface area contributed by atoms with Gasteiger partial charge in [0.1, 0.15) is 0 Å². The Kier molecular flexibility index (Phi) is 3.80. The molecule has 0 amide bonds. The Balaban J connectivity index is 3.98. The van der Waals surface area contributed by atoms with Gasteiger partial charge in [-0.05, 0) is 0 Å². The molecule has 0 bridgehead atoms. The summed E-state index contributed by atoms with van der Waals surface area (Å²) in [5.74, 6) is 0. The van der Waals surface area contributed by atoms with Crippen molar-refractivity contribution < 1.29 is 21.6 Å². The Morgan fingerprint density at radius 2 is 1.83 bits per heavy atom. The van der Waals surface area contributed by atoms with Gasteiger partial charge in [0, 0.05) is 24.3 Å². The third-order valence-corrected chi connectivity index (χ3v) is 2.72. The van der Waals surface area contributed by atoms with E-state index in [4.69, 9.17) is 10.7 Å². The van der Waals surface area contributed by atoms with Crippen LogP contribution in [0.5, 0.6) is 0 Å². The Labute approximate surface area is 72.7 Å². The summed E-state index contributed by atoms with van der Waals surface area (Å²) in [4.78, 5) is 0. The molecule has 0 aromatic rings. The zero-order chi connectivity index (χ0) is 9.99. The molecule has 0 aliphatic rings. The van der Waals surface area contributed by atoms with Gasteiger partial charge in [0.2, 0.25) is 0 Å². The zero-order valence-corrected chi connectivity index (χ0v) is 7.67. The number of hydrogen-bond acceptors (Lipinski definition) is 2. The lowest BCUT2D eigenvalue weighted by atomic mass is 10.4. The number of nitrogens with zero attached hydrogens (tertiary/aromatic N) is 1. The van der Waals surface area contributed by atoms with Crippen LogP contribution in [0.2, 0.25) is 0 Å². The Bertz CT molecular complexity index is 237. The maximum Gasteiger partial charge on any atom is 0.390 e. The van der Waals surface area contributed by atoms with Crippen molar-refractivity contribution in [3.8, 4) is 0 Å². The highest BCUT2D eigenvalue weighted by atomic mass is 35.7. The monoisotopic (exact) mass is 225 g/mol. The molecule has 0 spiro atoms. The van der Waals surface area contributed by atoms with E-state index in [1.165, 1.54) is 0 Å². The molecule has 0 unspecified atom stereocenters. The van der Waals surface area contributed by atoms with Crippen LogP contribution in [0.3, 0.4) is 0 Å². The SMILES string of the molecule is CN(CCC(F)(F)F)S(=O)(=O)Cl. The summed E-state index contributed by atoms with van der Waals surface area (Å²) in [6.45, 7) is -0.657. The van der Waals surface area contributed by atoms with Gasteiger partial charge >= 0.3 is 6.18 Å². The lowest BCUT2D eigenvalue weighted by molar-refractivity contribution is -0.135. The van der Waals surface area contributed by atoms with Gasteiger partial charge in [-0.15, -0.1) is 0 Å². The summed E-state index contributed by atoms with van der Waals surface area (Å²) in [6, 6.07) is 0. The molecule has 12 heavy (non-hydrogen) atoms. The second-order valence-electron chi connectivity index (χ2n) is 2.13. The summed E-state index contributed by atoms with van der Waals surface area (Å²) < 4.78 is 55.8. The Morgan fingerprint density at radius 3 is 2.08 bits per heavy atom. The molecule has 0 saturated carbocycles. The van der Waals surface area contributed by atoms with Crippen molar-refractivity contribution in [2.45, 2.75) is 12.6 Å². The lowest BCUT2D eigenvalue weighted by Crippen LogP contribution is -2.27. The second kappa shape index (κ2) is 3.80. The fourth-order valence-electron chi connectivity index (χ4n) is 0.393. The molecule has 0 N–H and O–H groups in total. The molecule has 0 fully saturated rings. The summed E-state index contributed by atoms with van der Waals surface area (Å²) in [6.07, 6.45) is -5.56. The molecular formula is C4H7ClF3NO2S. The van der Waals surface area contributed by atoms with Gasteiger partial charge in [-0.1, -0.05) is 0 Å². The highest BCUT2D eigenvalue weighted by molar-refractivity contribution is 8.11. The van der Waals surface area contributed by atoms with E-state index in [9.17, 15) is 21.6 Å². The molecular weight excluding hydrogens is 219 g/mol. The van der Waals surface area contributed by atoms with Crippen molar-refractivity contribution >= 4 is 19.9 Å². The van der Waals surface area contributed by atoms with Crippen LogP contribution < -0.4 is 0 Å². The minimum absolute atomic E-state index is 0.433. The maximum absolute atomic E-state index is 11.5. The molecule has 0 atom stereocenters. The lowest BCUT2D eigenvalue weighted by Gasteiger charge is -2.13. The molecule has 0 aliphatic heterocycles. The average Bonchev–Trinajstić information content (AvgIpc) is 1.78. The minimum atomic E-state index is -4.37. The molecule has 0 radical (unpaired) electrons. The van der Waals surface area contributed by atoms with Gasteiger partial charge in [0.25, 0.3) is 9.24 Å². The Morgan fingerprint density at radius 1 is 1.42 bits per heavy atom. The smallest absolute Gasteiger partial charge is 0.195 e. The summed E-state index contributed by atoms with van der Waals surface area (Å²) in [5, 5.41) is 0. The first-order chi connectivity index (χ1) is 5.13. The predicted octanol–water partition coefficient (Wildman–Crippen LogP) is 1.35. The standard InChI is InChI=1S/C4H7ClF3NO2S/c1-9(12(5,10)11)3-2-4(6,7)8/h2-3H2,1H3. The van der Waals surface area contributed by atoms with Crippen LogP contribution in [0, 0.1) is 0 Å². The first-order valence-electron chi connectivity index (χ1n) is 2.85. The first kappa shape index (κ1) is 12.0. The summed E-state index contributed by atoms with van der Waals surface area (Å²) >= 11 is 0. The van der Waals surface area contributed by atoms with Crippen molar-refractivity contribution in [1.29, 1.82) is 0 Å². The van der Waals surface area contributed by atoms with Crippen LogP contribution in [-0.4, -0.2) is 32.5 Å². The van der Waals surface area contributed by atoms with Crippen LogP contribution in [0.4, 0.5) is 13.2 Å². The van der Waals surface area contributed by atoms with Crippen LogP contribution >= 0.6 is 10.7 Å². The third kappa shape index (κ3) is 5.62. The van der Waals surface area contributed by atoms with Gasteiger partial charge in [-0.2, -0.15) is 25.9 Å². The molecule has 8 heteroatoms. The van der Waals surface area contributed by atoms with Gasteiger partial charge in [0.05, 0.1) is 6.42 Å². The van der Waals surface area contributed by atoms with Crippen molar-refractivity contribution in [2.24, 2.45) is 0 Å². The van der Waals surface area contributed by atoms with Crippen molar-refractivity contribution in [1.82, 2.24) is 4.31 Å². The molecule has 0 rings (SSSR count). The number of hydrogen-bond donors (Lipinski definition) is 0. The highest BCUT2D eigenvalue weighted by Crippen LogP contribution is 2.20. The summed E-state index contributed by atoms with van der Waals surface area (Å²) in [5.41, 5.74) is 0. The zero-order valence-electron chi connectivity index (χ0n) is 6.10. The highest BCUT2D eigenvalue weighted by Gasteiger charge is 2.29. The minimum Gasteiger partial charge on any atom is -0.195 e. The maximum atomic E-state index is 11.5. The van der Waals surface area contributed by atoms with E-state index < -0.39 is 28.4 Å². The van der Waals surface area contributed by atoms with Gasteiger partial charge in [-0.25, -0.2) is 0 Å². The molecule has 0 aromatic carbocycles. The van der Waals surface area contributed by atoms with Crippen LogP contribution in [-0.2, 0) is 9.24 Å². The predicted molar refractivity (Wildman–Crippen MR) is 38.1 cm³/mol. The first-order valence-corrected chi connectivity index (χ1v) is 5.12. The van der Waals surface area contributed by atoms with Crippen molar-refractivity contribution in [3.05, 3.63) is 0 Å². The van der Waals surface area contributed by atoms with Crippen LogP contribution in [0.15, 0.2) is 0 Å². The fourth-order valence-corrected chi connectivity index (χ4v) is 0.910. The van der Waals surface area contributed by atoms with E-state index >= 15 is 0 Å². The topological polar surface area (TPSA) is 37.4 Å². The van der Waals surface area contributed by atoms with E-state index in [2.05, 4.69) is 0 Å². The molecule has 0 saturated heterocycles. The van der Waals surface area contributed by atoms with E-state index in [0.29, 0.717) is 4.31 Å². The van der Waals surface area contributed by atoms with E-state index in [-0.39, 0.29) is 0 Å². The number of alkyl halides is 3. The van der Waals surface area contributed by atoms with E-state index in [1.54, 1.807) is 0 Å². The van der Waals surface area contributed by atoms with E-state index in [1.807, 2.05) is 0 Å². The molecule has 0 heterocycles. The third-order valence-electron chi connectivity index (χ3n) is 1.08. The normalized spacial score (nSPS) is 13.8. The molecule has 0 aromatic heterocycles. The average molecular weight is 226 g/mol. The largest absolute Gasteiger partial charge is 0.390 e.